The number of aromatic nitrogens is 3. The highest BCUT2D eigenvalue weighted by atomic mass is 32.2. The highest BCUT2D eigenvalue weighted by molar-refractivity contribution is 8.15. The van der Waals surface area contributed by atoms with E-state index in [0.29, 0.717) is 46.2 Å². The molecule has 0 atom stereocenters. The fourth-order valence-corrected chi connectivity index (χ4v) is 6.00. The molecule has 1 aromatic heterocycles. The van der Waals surface area contributed by atoms with E-state index in [4.69, 9.17) is 0 Å². The summed E-state index contributed by atoms with van der Waals surface area (Å²) in [4.78, 5) is 50.1. The smallest absolute Gasteiger partial charge is 0.406 e. The lowest BCUT2D eigenvalue weighted by Gasteiger charge is -2.26. The summed E-state index contributed by atoms with van der Waals surface area (Å²) in [6, 6.07) is 15.2. The van der Waals surface area contributed by atoms with Crippen LogP contribution in [0.2, 0.25) is 0 Å². The normalized spacial score (nSPS) is 14.1. The molecule has 250 valence electrons. The Bertz CT molecular complexity index is 1890. The van der Waals surface area contributed by atoms with Crippen molar-refractivity contribution in [3.8, 4) is 22.8 Å². The number of carbonyl (C=O) groups excluding carboxylic acids is 3. The predicted octanol–water partition coefficient (Wildman–Crippen LogP) is 7.31. The van der Waals surface area contributed by atoms with Crippen molar-refractivity contribution in [2.75, 3.05) is 27.4 Å². The maximum Gasteiger partial charge on any atom is 0.573 e. The molecule has 0 aliphatic carbocycles. The number of urea groups is 1. The first-order valence-corrected chi connectivity index (χ1v) is 15.9. The number of carbonyl (C=O) groups is 3. The van der Waals surface area contributed by atoms with E-state index >= 15 is 0 Å². The van der Waals surface area contributed by atoms with E-state index in [1.807, 2.05) is 32.9 Å². The molecule has 2 heterocycles. The summed E-state index contributed by atoms with van der Waals surface area (Å²) >= 11 is 1.16. The number of amidine groups is 1. The van der Waals surface area contributed by atoms with E-state index < -0.39 is 12.4 Å². The molecule has 1 N–H and O–H groups in total. The number of amides is 4. The van der Waals surface area contributed by atoms with Crippen LogP contribution in [0.25, 0.3) is 17.1 Å². The zero-order chi connectivity index (χ0) is 34.7. The third kappa shape index (κ3) is 7.68. The number of benzene rings is 3. The average Bonchev–Trinajstić information content (AvgIpc) is 3.65. The van der Waals surface area contributed by atoms with Gasteiger partial charge in [-0.15, -0.1) is 18.3 Å². The molecule has 0 radical (unpaired) electrons. The van der Waals surface area contributed by atoms with Crippen LogP contribution in [0.3, 0.4) is 0 Å². The van der Waals surface area contributed by atoms with Crippen molar-refractivity contribution in [3.05, 3.63) is 78.1 Å². The van der Waals surface area contributed by atoms with Crippen LogP contribution in [0.5, 0.6) is 5.75 Å². The van der Waals surface area contributed by atoms with E-state index in [1.165, 1.54) is 47.1 Å². The van der Waals surface area contributed by atoms with Crippen molar-refractivity contribution in [1.29, 1.82) is 0 Å². The van der Waals surface area contributed by atoms with Gasteiger partial charge in [0.05, 0.1) is 17.1 Å². The van der Waals surface area contributed by atoms with Gasteiger partial charge in [0.25, 0.3) is 0 Å². The number of hydrogen-bond acceptors (Lipinski definition) is 7. The van der Waals surface area contributed by atoms with E-state index in [-0.39, 0.29) is 34.4 Å². The summed E-state index contributed by atoms with van der Waals surface area (Å²) in [5.41, 5.74) is 4.38. The molecule has 1 saturated heterocycles. The number of anilines is 3. The van der Waals surface area contributed by atoms with Crippen LogP contribution < -0.4 is 19.9 Å². The maximum absolute atomic E-state index is 13.1. The highest BCUT2D eigenvalue weighted by Crippen LogP contribution is 2.36. The van der Waals surface area contributed by atoms with Gasteiger partial charge in [-0.3, -0.25) is 14.5 Å². The number of aliphatic imine (C=N–C) groups is 1. The van der Waals surface area contributed by atoms with Gasteiger partial charge in [-0.1, -0.05) is 31.7 Å². The standard InChI is InChI=1S/C33H32F3N7O4S/c1-6-41(21(5)44)24-10-13-26(19(2)3)28(16-24)43-29(45)17-48-32(43)39-31(46)38-27-14-7-22(15-20(27)4)30-37-18-42(40-30)23-8-11-25(12-9-23)47-33(34,35)36/h7-16,18-19H,6,17H2,1-5H3,(H,38,46). The van der Waals surface area contributed by atoms with Gasteiger partial charge in [0.15, 0.2) is 11.0 Å². The second-order valence-corrected chi connectivity index (χ2v) is 12.0. The summed E-state index contributed by atoms with van der Waals surface area (Å²) in [5, 5.41) is 7.43. The second kappa shape index (κ2) is 13.9. The molecule has 1 aliphatic heterocycles. The molecule has 0 saturated carbocycles. The van der Waals surface area contributed by atoms with Crippen molar-refractivity contribution in [2.24, 2.45) is 4.99 Å². The molecular weight excluding hydrogens is 647 g/mol. The minimum atomic E-state index is -4.79. The molecule has 48 heavy (non-hydrogen) atoms. The molecule has 3 aromatic carbocycles. The molecule has 4 aromatic rings. The lowest BCUT2D eigenvalue weighted by atomic mass is 9.99. The Morgan fingerprint density at radius 1 is 1.10 bits per heavy atom. The van der Waals surface area contributed by atoms with Crippen LogP contribution in [-0.2, 0) is 9.59 Å². The SMILES string of the molecule is CCN(C(C)=O)c1ccc(C(C)C)c(N2C(=O)CSC2=NC(=O)Nc2ccc(-c3ncn(-c4ccc(OC(F)(F)F)cc4)n3)cc2C)c1. The number of halogens is 3. The zero-order valence-corrected chi connectivity index (χ0v) is 27.5. The van der Waals surface area contributed by atoms with E-state index in [0.717, 1.165) is 17.3 Å². The van der Waals surface area contributed by atoms with Gasteiger partial charge in [0, 0.05) is 30.4 Å². The molecule has 1 fully saturated rings. The Kier molecular flexibility index (Phi) is 9.89. The molecular formula is C33H32F3N7O4S. The summed E-state index contributed by atoms with van der Waals surface area (Å²) < 4.78 is 42.7. The fourth-order valence-electron chi connectivity index (χ4n) is 5.14. The maximum atomic E-state index is 13.1. The van der Waals surface area contributed by atoms with Gasteiger partial charge in [-0.05, 0) is 85.5 Å². The largest absolute Gasteiger partial charge is 0.573 e. The molecule has 1 aliphatic rings. The van der Waals surface area contributed by atoms with Crippen molar-refractivity contribution in [1.82, 2.24) is 14.8 Å². The van der Waals surface area contributed by atoms with Crippen LogP contribution in [0.15, 0.2) is 72.0 Å². The minimum absolute atomic E-state index is 0.0513. The first-order chi connectivity index (χ1) is 22.7. The molecule has 0 bridgehead atoms. The van der Waals surface area contributed by atoms with Gasteiger partial charge >= 0.3 is 12.4 Å². The number of hydrogen-bond donors (Lipinski definition) is 1. The van der Waals surface area contributed by atoms with Gasteiger partial charge < -0.3 is 15.0 Å². The number of rotatable bonds is 8. The molecule has 11 nitrogen and oxygen atoms in total. The number of alkyl halides is 3. The first kappa shape index (κ1) is 34.2. The van der Waals surface area contributed by atoms with Crippen LogP contribution in [0, 0.1) is 6.92 Å². The van der Waals surface area contributed by atoms with Crippen LogP contribution in [0.1, 0.15) is 44.7 Å². The summed E-state index contributed by atoms with van der Waals surface area (Å²) in [6.45, 7) is 9.59. The minimum Gasteiger partial charge on any atom is -0.406 e. The van der Waals surface area contributed by atoms with E-state index in [2.05, 4.69) is 25.1 Å². The number of aryl methyl sites for hydroxylation is 1. The molecule has 15 heteroatoms. The quantitative estimate of drug-likeness (QED) is 0.207. The van der Waals surface area contributed by atoms with Gasteiger partial charge in [0.1, 0.15) is 12.1 Å². The molecule has 0 unspecified atom stereocenters. The summed E-state index contributed by atoms with van der Waals surface area (Å²) in [5.74, 6) is -0.187. The monoisotopic (exact) mass is 679 g/mol. The Balaban J connectivity index is 1.34. The lowest BCUT2D eigenvalue weighted by molar-refractivity contribution is -0.274. The fraction of sp³-hybridized carbons (Fsp3) is 0.273. The average molecular weight is 680 g/mol. The number of nitrogens with zero attached hydrogens (tertiary/aromatic N) is 6. The summed E-state index contributed by atoms with van der Waals surface area (Å²) in [6.07, 6.45) is -3.35. The zero-order valence-electron chi connectivity index (χ0n) is 26.7. The lowest BCUT2D eigenvalue weighted by Crippen LogP contribution is -2.32. The number of nitrogens with one attached hydrogen (secondary N) is 1. The summed E-state index contributed by atoms with van der Waals surface area (Å²) in [7, 11) is 0. The third-order valence-electron chi connectivity index (χ3n) is 7.40. The van der Waals surface area contributed by atoms with Gasteiger partial charge in [-0.25, -0.2) is 14.5 Å². The first-order valence-electron chi connectivity index (χ1n) is 14.9. The van der Waals surface area contributed by atoms with Crippen molar-refractivity contribution >= 4 is 51.8 Å². The molecule has 5 rings (SSSR count). The van der Waals surface area contributed by atoms with E-state index in [9.17, 15) is 27.6 Å². The van der Waals surface area contributed by atoms with Crippen LogP contribution in [0.4, 0.5) is 35.0 Å². The van der Waals surface area contributed by atoms with Crippen molar-refractivity contribution < 1.29 is 32.3 Å². The van der Waals surface area contributed by atoms with Crippen LogP contribution in [-0.4, -0.2) is 56.4 Å². The Morgan fingerprint density at radius 3 is 2.46 bits per heavy atom. The van der Waals surface area contributed by atoms with Gasteiger partial charge in [0.2, 0.25) is 11.8 Å². The predicted molar refractivity (Wildman–Crippen MR) is 179 cm³/mol. The highest BCUT2D eigenvalue weighted by Gasteiger charge is 2.33. The van der Waals surface area contributed by atoms with Crippen LogP contribution >= 0.6 is 11.8 Å². The second-order valence-electron chi connectivity index (χ2n) is 11.1. The Morgan fingerprint density at radius 2 is 1.83 bits per heavy atom. The van der Waals surface area contributed by atoms with Gasteiger partial charge in [-0.2, -0.15) is 4.99 Å². The third-order valence-corrected chi connectivity index (χ3v) is 8.32. The van der Waals surface area contributed by atoms with E-state index in [1.54, 1.807) is 36.1 Å². The molecule has 0 spiro atoms. The van der Waals surface area contributed by atoms with Crippen molar-refractivity contribution in [3.63, 3.8) is 0 Å². The Labute approximate surface area is 278 Å². The van der Waals surface area contributed by atoms with Crippen molar-refractivity contribution in [2.45, 2.75) is 46.9 Å². The number of ether oxygens (including phenoxy) is 1. The topological polar surface area (TPSA) is 122 Å². The number of thioether (sulfide) groups is 1. The molecule has 4 amide bonds. The Hall–Kier alpha value is -5.18.